The van der Waals surface area contributed by atoms with E-state index in [0.717, 1.165) is 11.1 Å². The van der Waals surface area contributed by atoms with Crippen LogP contribution in [-0.4, -0.2) is 21.4 Å². The molecule has 1 atom stereocenters. The molecule has 0 aliphatic rings. The van der Waals surface area contributed by atoms with Gasteiger partial charge in [-0.2, -0.15) is 5.10 Å². The van der Waals surface area contributed by atoms with Crippen LogP contribution < -0.4 is 11.0 Å². The molecule has 24 heavy (non-hydrogen) atoms. The van der Waals surface area contributed by atoms with Crippen molar-refractivity contribution in [3.63, 3.8) is 0 Å². The Morgan fingerprint density at radius 3 is 2.38 bits per heavy atom. The van der Waals surface area contributed by atoms with E-state index in [1.807, 2.05) is 67.6 Å². The molecule has 3 rings (SSSR count). The molecule has 2 N–H and O–H groups in total. The maximum atomic E-state index is 12.1. The Labute approximate surface area is 139 Å². The highest BCUT2D eigenvalue weighted by Gasteiger charge is 2.06. The fraction of sp³-hybridized carbons (Fsp3) is 0.111. The van der Waals surface area contributed by atoms with Crippen LogP contribution in [0.1, 0.15) is 18.4 Å². The van der Waals surface area contributed by atoms with Gasteiger partial charge in [-0.1, -0.05) is 67.6 Å². The van der Waals surface area contributed by atoms with E-state index in [9.17, 15) is 4.79 Å². The second kappa shape index (κ2) is 7.32. The van der Waals surface area contributed by atoms with Gasteiger partial charge < -0.3 is 0 Å². The molecule has 0 spiro atoms. The third-order valence-electron chi connectivity index (χ3n) is 3.54. The zero-order valence-electron chi connectivity index (χ0n) is 13.2. The number of H-pyrrole nitrogens is 1. The summed E-state index contributed by atoms with van der Waals surface area (Å²) in [5.74, 6) is 0.346. The summed E-state index contributed by atoms with van der Waals surface area (Å²) >= 11 is 0. The van der Waals surface area contributed by atoms with Gasteiger partial charge in [0.2, 0.25) is 5.95 Å². The lowest BCUT2D eigenvalue weighted by atomic mass is 10.0. The van der Waals surface area contributed by atoms with E-state index in [0.29, 0.717) is 0 Å². The van der Waals surface area contributed by atoms with Crippen molar-refractivity contribution in [2.45, 2.75) is 12.8 Å². The van der Waals surface area contributed by atoms with Crippen molar-refractivity contribution in [3.8, 4) is 11.3 Å². The molecule has 3 aromatic rings. The van der Waals surface area contributed by atoms with Crippen LogP contribution in [0.15, 0.2) is 70.6 Å². The molecule has 0 aliphatic carbocycles. The number of nitrogens with one attached hydrogen (secondary N) is 2. The first-order chi connectivity index (χ1) is 11.7. The van der Waals surface area contributed by atoms with Gasteiger partial charge in [0, 0.05) is 17.7 Å². The highest BCUT2D eigenvalue weighted by Crippen LogP contribution is 2.12. The van der Waals surface area contributed by atoms with Gasteiger partial charge in [0.25, 0.3) is 5.56 Å². The minimum absolute atomic E-state index is 0.141. The van der Waals surface area contributed by atoms with Crippen LogP contribution >= 0.6 is 0 Å². The quantitative estimate of drug-likeness (QED) is 0.559. The molecular weight excluding hydrogens is 302 g/mol. The number of aromatic nitrogens is 3. The SMILES string of the molecule is CC(/C=N/Nc1nnc(-c2ccccc2)c(=O)[nH]1)c1ccccc1. The number of rotatable bonds is 5. The van der Waals surface area contributed by atoms with E-state index in [-0.39, 0.29) is 23.1 Å². The summed E-state index contributed by atoms with van der Waals surface area (Å²) in [6.45, 7) is 2.04. The summed E-state index contributed by atoms with van der Waals surface area (Å²) in [4.78, 5) is 14.7. The van der Waals surface area contributed by atoms with Gasteiger partial charge in [0.15, 0.2) is 5.69 Å². The molecule has 0 aliphatic heterocycles. The minimum atomic E-state index is -0.315. The lowest BCUT2D eigenvalue weighted by Gasteiger charge is -2.05. The summed E-state index contributed by atoms with van der Waals surface area (Å²) in [6, 6.07) is 19.2. The average Bonchev–Trinajstić information content (AvgIpc) is 2.63. The van der Waals surface area contributed by atoms with Crippen molar-refractivity contribution in [3.05, 3.63) is 76.6 Å². The van der Waals surface area contributed by atoms with Crippen molar-refractivity contribution in [2.75, 3.05) is 5.43 Å². The zero-order chi connectivity index (χ0) is 16.8. The van der Waals surface area contributed by atoms with E-state index < -0.39 is 0 Å². The number of hydrogen-bond donors (Lipinski definition) is 2. The Kier molecular flexibility index (Phi) is 4.76. The Bertz CT molecular complexity index is 875. The Balaban J connectivity index is 1.69. The lowest BCUT2D eigenvalue weighted by molar-refractivity contribution is 0.943. The van der Waals surface area contributed by atoms with Gasteiger partial charge in [-0.25, -0.2) is 5.43 Å². The molecule has 0 fully saturated rings. The van der Waals surface area contributed by atoms with E-state index in [2.05, 4.69) is 25.7 Å². The Morgan fingerprint density at radius 1 is 1.04 bits per heavy atom. The maximum absolute atomic E-state index is 12.1. The fourth-order valence-corrected chi connectivity index (χ4v) is 2.23. The molecular formula is C18H17N5O. The number of benzene rings is 2. The van der Waals surface area contributed by atoms with Gasteiger partial charge in [0.05, 0.1) is 0 Å². The number of nitrogens with zero attached hydrogens (tertiary/aromatic N) is 3. The molecule has 6 heteroatoms. The first-order valence-corrected chi connectivity index (χ1v) is 7.60. The fourth-order valence-electron chi connectivity index (χ4n) is 2.23. The van der Waals surface area contributed by atoms with Crippen molar-refractivity contribution >= 4 is 12.2 Å². The average molecular weight is 319 g/mol. The number of hydrazone groups is 1. The molecule has 1 heterocycles. The predicted octanol–water partition coefficient (Wildman–Crippen LogP) is 3.03. The Hall–Kier alpha value is -3.28. The predicted molar refractivity (Wildman–Crippen MR) is 95.1 cm³/mol. The molecule has 1 unspecified atom stereocenters. The molecule has 6 nitrogen and oxygen atoms in total. The summed E-state index contributed by atoms with van der Waals surface area (Å²) in [7, 11) is 0. The van der Waals surface area contributed by atoms with E-state index in [1.165, 1.54) is 0 Å². The topological polar surface area (TPSA) is 83.0 Å². The first-order valence-electron chi connectivity index (χ1n) is 7.60. The molecule has 120 valence electrons. The number of hydrogen-bond acceptors (Lipinski definition) is 5. The summed E-state index contributed by atoms with van der Waals surface area (Å²) < 4.78 is 0. The van der Waals surface area contributed by atoms with E-state index in [1.54, 1.807) is 6.21 Å². The van der Waals surface area contributed by atoms with Crippen LogP contribution in [0.3, 0.4) is 0 Å². The number of anilines is 1. The second-order valence-corrected chi connectivity index (χ2v) is 5.31. The maximum Gasteiger partial charge on any atom is 0.279 e. The highest BCUT2D eigenvalue weighted by molar-refractivity contribution is 5.68. The summed E-state index contributed by atoms with van der Waals surface area (Å²) in [6.07, 6.45) is 1.75. The zero-order valence-corrected chi connectivity index (χ0v) is 13.2. The van der Waals surface area contributed by atoms with Crippen LogP contribution in [0.2, 0.25) is 0 Å². The molecule has 2 aromatic carbocycles. The van der Waals surface area contributed by atoms with Crippen LogP contribution in [0.4, 0.5) is 5.95 Å². The van der Waals surface area contributed by atoms with Crippen LogP contribution in [0, 0.1) is 0 Å². The van der Waals surface area contributed by atoms with Gasteiger partial charge in [-0.3, -0.25) is 9.78 Å². The van der Waals surface area contributed by atoms with Crippen molar-refractivity contribution in [1.82, 2.24) is 15.2 Å². The third-order valence-corrected chi connectivity index (χ3v) is 3.54. The smallest absolute Gasteiger partial charge is 0.279 e. The minimum Gasteiger partial charge on any atom is -0.288 e. The second-order valence-electron chi connectivity index (χ2n) is 5.31. The molecule has 0 amide bonds. The van der Waals surface area contributed by atoms with Gasteiger partial charge >= 0.3 is 0 Å². The summed E-state index contributed by atoms with van der Waals surface area (Å²) in [5, 5.41) is 12.0. The summed E-state index contributed by atoms with van der Waals surface area (Å²) in [5.41, 5.74) is 4.55. The first kappa shape index (κ1) is 15.6. The van der Waals surface area contributed by atoms with Crippen molar-refractivity contribution in [1.29, 1.82) is 0 Å². The van der Waals surface area contributed by atoms with Crippen molar-refractivity contribution < 1.29 is 0 Å². The van der Waals surface area contributed by atoms with Gasteiger partial charge in [-0.15, -0.1) is 10.2 Å². The standard InChI is InChI=1S/C18H17N5O/c1-13(14-8-4-2-5-9-14)12-19-22-18-20-17(24)16(21-23-18)15-10-6-3-7-11-15/h2-13H,1H3,(H2,20,22,23,24)/b19-12+. The molecule has 0 saturated heterocycles. The molecule has 0 saturated carbocycles. The normalized spacial score (nSPS) is 12.2. The highest BCUT2D eigenvalue weighted by atomic mass is 16.1. The van der Waals surface area contributed by atoms with Crippen molar-refractivity contribution in [2.24, 2.45) is 5.10 Å². The molecule has 1 aromatic heterocycles. The third kappa shape index (κ3) is 3.73. The van der Waals surface area contributed by atoms with Gasteiger partial charge in [-0.05, 0) is 5.56 Å². The lowest BCUT2D eigenvalue weighted by Crippen LogP contribution is -2.15. The van der Waals surface area contributed by atoms with E-state index >= 15 is 0 Å². The monoisotopic (exact) mass is 319 g/mol. The molecule has 0 bridgehead atoms. The van der Waals surface area contributed by atoms with Crippen LogP contribution in [0.25, 0.3) is 11.3 Å². The van der Waals surface area contributed by atoms with Crippen LogP contribution in [-0.2, 0) is 0 Å². The Morgan fingerprint density at radius 2 is 1.71 bits per heavy atom. The number of aromatic amines is 1. The largest absolute Gasteiger partial charge is 0.288 e. The van der Waals surface area contributed by atoms with Gasteiger partial charge in [0.1, 0.15) is 0 Å². The van der Waals surface area contributed by atoms with E-state index in [4.69, 9.17) is 0 Å². The van der Waals surface area contributed by atoms with Crippen LogP contribution in [0.5, 0.6) is 0 Å². The molecule has 0 radical (unpaired) electrons.